The highest BCUT2D eigenvalue weighted by Crippen LogP contribution is 2.36. The quantitative estimate of drug-likeness (QED) is 0.448. The fourth-order valence-corrected chi connectivity index (χ4v) is 4.17. The third-order valence-corrected chi connectivity index (χ3v) is 6.19. The van der Waals surface area contributed by atoms with Crippen LogP contribution in [0, 0.1) is 13.8 Å². The lowest BCUT2D eigenvalue weighted by Gasteiger charge is -2.41. The second-order valence-corrected chi connectivity index (χ2v) is 8.94. The third kappa shape index (κ3) is 4.04. The molecule has 0 unspecified atom stereocenters. The summed E-state index contributed by atoms with van der Waals surface area (Å²) in [6.45, 7) is 6.43. The molecule has 0 radical (unpaired) electrons. The number of carbonyl (C=O) groups excluding carboxylic acids is 3. The molecule has 4 rings (SSSR count). The molecule has 3 aromatic rings. The van der Waals surface area contributed by atoms with Crippen LogP contribution in [0.25, 0.3) is 5.78 Å². The summed E-state index contributed by atoms with van der Waals surface area (Å²) in [6.07, 6.45) is 1.81. The molecule has 33 heavy (non-hydrogen) atoms. The van der Waals surface area contributed by atoms with Crippen LogP contribution in [0.5, 0.6) is 0 Å². The minimum absolute atomic E-state index is 0.0667. The number of nitrogens with zero attached hydrogens (tertiary/aromatic N) is 5. The highest BCUT2D eigenvalue weighted by Gasteiger charge is 2.43. The molecule has 1 aliphatic rings. The Morgan fingerprint density at radius 1 is 1.18 bits per heavy atom. The zero-order valence-corrected chi connectivity index (χ0v) is 19.8. The van der Waals surface area contributed by atoms with Gasteiger partial charge in [-0.3, -0.25) is 19.3 Å². The van der Waals surface area contributed by atoms with Gasteiger partial charge in [0.25, 0.3) is 11.7 Å². The summed E-state index contributed by atoms with van der Waals surface area (Å²) in [6, 6.07) is 7.01. The van der Waals surface area contributed by atoms with Gasteiger partial charge in [0, 0.05) is 17.0 Å². The van der Waals surface area contributed by atoms with Crippen molar-refractivity contribution in [2.45, 2.75) is 44.8 Å². The number of para-hydroxylation sites is 2. The number of anilines is 2. The molecule has 0 fully saturated rings. The van der Waals surface area contributed by atoms with Crippen molar-refractivity contribution in [1.82, 2.24) is 19.6 Å². The molecule has 10 nitrogen and oxygen atoms in total. The lowest BCUT2D eigenvalue weighted by atomic mass is 9.96. The predicted molar refractivity (Wildman–Crippen MR) is 123 cm³/mol. The van der Waals surface area contributed by atoms with Crippen LogP contribution in [0.2, 0.25) is 0 Å². The van der Waals surface area contributed by atoms with E-state index in [1.165, 1.54) is 16.7 Å². The van der Waals surface area contributed by atoms with Crippen molar-refractivity contribution in [2.24, 2.45) is 0 Å². The number of thioether (sulfide) groups is 1. The van der Waals surface area contributed by atoms with E-state index in [2.05, 4.69) is 20.4 Å². The number of aryl methyl sites for hydroxylation is 2. The fraction of sp³-hybridized carbons (Fsp3) is 0.364. The standard InChI is InChI=1S/C22H24N6O4S/c1-12-14(13(2)28-20(23-12)25-21(26-28)33-5)10-18(30)32-11-17(29)27-16-9-7-6-8-15(16)24-19(31)22(27,3)4/h6-9H,10-11H2,1-5H3,(H,24,31). The van der Waals surface area contributed by atoms with E-state index in [9.17, 15) is 14.4 Å². The number of hydrogen-bond donors (Lipinski definition) is 1. The number of hydrogen-bond acceptors (Lipinski definition) is 8. The maximum Gasteiger partial charge on any atom is 0.310 e. The molecule has 1 aromatic carbocycles. The predicted octanol–water partition coefficient (Wildman–Crippen LogP) is 2.31. The Bertz CT molecular complexity index is 1290. The molecular formula is C22H24N6O4S. The first-order chi connectivity index (χ1) is 15.6. The first-order valence-corrected chi connectivity index (χ1v) is 11.5. The van der Waals surface area contributed by atoms with Crippen molar-refractivity contribution in [1.29, 1.82) is 0 Å². The Balaban J connectivity index is 1.50. The van der Waals surface area contributed by atoms with Gasteiger partial charge >= 0.3 is 5.97 Å². The van der Waals surface area contributed by atoms with Crippen molar-refractivity contribution >= 4 is 46.7 Å². The third-order valence-electron chi connectivity index (χ3n) is 5.65. The molecule has 0 saturated heterocycles. The van der Waals surface area contributed by atoms with E-state index < -0.39 is 24.0 Å². The molecule has 2 amide bonds. The van der Waals surface area contributed by atoms with Gasteiger partial charge in [0.15, 0.2) is 6.61 Å². The highest BCUT2D eigenvalue weighted by atomic mass is 32.2. The molecule has 0 aliphatic carbocycles. The SMILES string of the molecule is CSc1nc2nc(C)c(CC(=O)OCC(=O)N3c4ccccc4NC(=O)C3(C)C)c(C)n2n1. The van der Waals surface area contributed by atoms with Gasteiger partial charge in [-0.1, -0.05) is 23.9 Å². The molecular weight excluding hydrogens is 444 g/mol. The molecule has 0 spiro atoms. The van der Waals surface area contributed by atoms with Crippen LogP contribution in [-0.4, -0.2) is 55.8 Å². The first kappa shape index (κ1) is 22.7. The summed E-state index contributed by atoms with van der Waals surface area (Å²) in [5.74, 6) is -0.915. The summed E-state index contributed by atoms with van der Waals surface area (Å²) in [5, 5.41) is 7.76. The second kappa shape index (κ2) is 8.47. The highest BCUT2D eigenvalue weighted by molar-refractivity contribution is 7.98. The zero-order chi connectivity index (χ0) is 23.9. The molecule has 2 aromatic heterocycles. The maximum absolute atomic E-state index is 13.1. The summed E-state index contributed by atoms with van der Waals surface area (Å²) < 4.78 is 6.91. The molecule has 11 heteroatoms. The second-order valence-electron chi connectivity index (χ2n) is 8.17. The van der Waals surface area contributed by atoms with Gasteiger partial charge in [0.1, 0.15) is 5.54 Å². The summed E-state index contributed by atoms with van der Waals surface area (Å²) in [7, 11) is 0. The van der Waals surface area contributed by atoms with Crippen LogP contribution in [0.4, 0.5) is 11.4 Å². The van der Waals surface area contributed by atoms with Crippen LogP contribution < -0.4 is 10.2 Å². The smallest absolute Gasteiger partial charge is 0.310 e. The molecule has 3 heterocycles. The Morgan fingerprint density at radius 2 is 1.91 bits per heavy atom. The van der Waals surface area contributed by atoms with Crippen molar-refractivity contribution in [3.8, 4) is 0 Å². The number of nitrogens with one attached hydrogen (secondary N) is 1. The summed E-state index contributed by atoms with van der Waals surface area (Å²) >= 11 is 1.40. The number of aromatic nitrogens is 4. The van der Waals surface area contributed by atoms with Crippen LogP contribution in [0.3, 0.4) is 0 Å². The Hall–Kier alpha value is -3.47. The van der Waals surface area contributed by atoms with Gasteiger partial charge in [-0.25, -0.2) is 9.50 Å². The minimum Gasteiger partial charge on any atom is -0.455 e. The van der Waals surface area contributed by atoms with E-state index in [-0.39, 0.29) is 12.3 Å². The lowest BCUT2D eigenvalue weighted by molar-refractivity contribution is -0.147. The van der Waals surface area contributed by atoms with Crippen LogP contribution in [0.1, 0.15) is 30.8 Å². The summed E-state index contributed by atoms with van der Waals surface area (Å²) in [4.78, 5) is 48.4. The Kier molecular flexibility index (Phi) is 5.83. The fourth-order valence-electron chi connectivity index (χ4n) is 3.83. The van der Waals surface area contributed by atoms with E-state index in [0.717, 1.165) is 5.69 Å². The number of fused-ring (bicyclic) bond motifs is 2. The van der Waals surface area contributed by atoms with Gasteiger partial charge in [0.05, 0.1) is 17.8 Å². The number of esters is 1. The normalized spacial score (nSPS) is 14.7. The number of ether oxygens (including phenoxy) is 1. The maximum atomic E-state index is 13.1. The lowest BCUT2D eigenvalue weighted by Crippen LogP contribution is -2.59. The molecule has 1 aliphatic heterocycles. The van der Waals surface area contributed by atoms with Crippen LogP contribution in [0.15, 0.2) is 29.4 Å². The van der Waals surface area contributed by atoms with Gasteiger partial charge in [0.2, 0.25) is 11.1 Å². The molecule has 0 saturated carbocycles. The molecule has 0 atom stereocenters. The van der Waals surface area contributed by atoms with Crippen molar-refractivity contribution < 1.29 is 19.1 Å². The van der Waals surface area contributed by atoms with E-state index >= 15 is 0 Å². The van der Waals surface area contributed by atoms with Gasteiger partial charge in [-0.05, 0) is 46.1 Å². The van der Waals surface area contributed by atoms with Crippen molar-refractivity contribution in [3.05, 3.63) is 41.2 Å². The van der Waals surface area contributed by atoms with E-state index in [1.807, 2.05) is 13.2 Å². The number of benzene rings is 1. The largest absolute Gasteiger partial charge is 0.455 e. The van der Waals surface area contributed by atoms with E-state index in [4.69, 9.17) is 4.74 Å². The zero-order valence-electron chi connectivity index (χ0n) is 19.0. The molecule has 1 N–H and O–H groups in total. The molecule has 0 bridgehead atoms. The summed E-state index contributed by atoms with van der Waals surface area (Å²) in [5.41, 5.74) is 2.00. The first-order valence-electron chi connectivity index (χ1n) is 10.3. The van der Waals surface area contributed by atoms with Crippen molar-refractivity contribution in [3.63, 3.8) is 0 Å². The Labute approximate surface area is 194 Å². The number of rotatable bonds is 5. The van der Waals surface area contributed by atoms with Gasteiger partial charge in [-0.15, -0.1) is 5.10 Å². The Morgan fingerprint density at radius 3 is 2.64 bits per heavy atom. The van der Waals surface area contributed by atoms with Crippen molar-refractivity contribution in [2.75, 3.05) is 23.1 Å². The number of carbonyl (C=O) groups is 3. The van der Waals surface area contributed by atoms with Gasteiger partial charge < -0.3 is 10.1 Å². The minimum atomic E-state index is -1.14. The average Bonchev–Trinajstić information content (AvgIpc) is 3.19. The number of amides is 2. The average molecular weight is 469 g/mol. The molecule has 172 valence electrons. The van der Waals surface area contributed by atoms with E-state index in [1.54, 1.807) is 49.6 Å². The monoisotopic (exact) mass is 468 g/mol. The van der Waals surface area contributed by atoms with Gasteiger partial charge in [-0.2, -0.15) is 4.98 Å². The van der Waals surface area contributed by atoms with Crippen LogP contribution >= 0.6 is 11.8 Å². The topological polar surface area (TPSA) is 119 Å². The van der Waals surface area contributed by atoms with E-state index in [0.29, 0.717) is 33.6 Å². The van der Waals surface area contributed by atoms with Crippen LogP contribution in [-0.2, 0) is 25.5 Å².